The van der Waals surface area contributed by atoms with E-state index >= 15 is 0 Å². The van der Waals surface area contributed by atoms with Gasteiger partial charge in [-0.25, -0.2) is 4.79 Å². The van der Waals surface area contributed by atoms with Crippen LogP contribution in [0, 0.1) is 5.92 Å². The minimum absolute atomic E-state index is 0.0963. The number of carbonyl (C=O) groups is 1. The lowest BCUT2D eigenvalue weighted by molar-refractivity contribution is 0.0694. The lowest BCUT2D eigenvalue weighted by atomic mass is 9.85. The summed E-state index contributed by atoms with van der Waals surface area (Å²) < 4.78 is 22.4. The SMILES string of the molecule is COc1cc(C(O)C(CCCc2ccccc2)Cc2ccc(Oc3ccccc3C(=O)O)cc2)cc(OC)c1OC. The van der Waals surface area contributed by atoms with E-state index in [1.54, 1.807) is 51.7 Å². The van der Waals surface area contributed by atoms with Gasteiger partial charge in [0.1, 0.15) is 17.1 Å². The van der Waals surface area contributed by atoms with Crippen molar-refractivity contribution in [2.45, 2.75) is 31.8 Å². The van der Waals surface area contributed by atoms with Gasteiger partial charge >= 0.3 is 5.97 Å². The zero-order chi connectivity index (χ0) is 29.2. The van der Waals surface area contributed by atoms with Gasteiger partial charge in [-0.05, 0) is 84.7 Å². The van der Waals surface area contributed by atoms with Crippen molar-refractivity contribution in [3.63, 3.8) is 0 Å². The summed E-state index contributed by atoms with van der Waals surface area (Å²) in [5.74, 6) is 1.14. The molecular weight excluding hydrogens is 520 g/mol. The van der Waals surface area contributed by atoms with Gasteiger partial charge in [0, 0.05) is 0 Å². The Labute approximate surface area is 240 Å². The zero-order valence-electron chi connectivity index (χ0n) is 23.6. The lowest BCUT2D eigenvalue weighted by Gasteiger charge is -2.25. The molecule has 4 aromatic rings. The van der Waals surface area contributed by atoms with Crippen LogP contribution in [-0.4, -0.2) is 37.5 Å². The lowest BCUT2D eigenvalue weighted by Crippen LogP contribution is -2.16. The molecule has 0 amide bonds. The number of rotatable bonds is 14. The Kier molecular flexibility index (Phi) is 10.2. The second-order valence-electron chi connectivity index (χ2n) is 9.79. The largest absolute Gasteiger partial charge is 0.493 e. The van der Waals surface area contributed by atoms with Crippen LogP contribution in [0.4, 0.5) is 0 Å². The van der Waals surface area contributed by atoms with Crippen molar-refractivity contribution in [2.24, 2.45) is 5.92 Å². The Hall–Kier alpha value is -4.49. The molecule has 4 rings (SSSR count). The van der Waals surface area contributed by atoms with Gasteiger partial charge in [-0.2, -0.15) is 0 Å². The molecule has 2 atom stereocenters. The maximum atomic E-state index is 11.6. The molecule has 0 radical (unpaired) electrons. The van der Waals surface area contributed by atoms with Crippen LogP contribution in [0.1, 0.15) is 46.0 Å². The molecule has 0 heterocycles. The minimum Gasteiger partial charge on any atom is -0.493 e. The van der Waals surface area contributed by atoms with E-state index in [4.69, 9.17) is 18.9 Å². The minimum atomic E-state index is -1.05. The fourth-order valence-electron chi connectivity index (χ4n) is 4.98. The number of aromatic carboxylic acids is 1. The van der Waals surface area contributed by atoms with Gasteiger partial charge < -0.3 is 29.2 Å². The average molecular weight is 557 g/mol. The fraction of sp³-hybridized carbons (Fsp3) is 0.265. The van der Waals surface area contributed by atoms with Gasteiger partial charge in [0.25, 0.3) is 0 Å². The third-order valence-corrected chi connectivity index (χ3v) is 7.12. The van der Waals surface area contributed by atoms with E-state index in [1.807, 2.05) is 42.5 Å². The average Bonchev–Trinajstić information content (AvgIpc) is 3.01. The molecule has 0 fully saturated rings. The molecular formula is C34H36O7. The quantitative estimate of drug-likeness (QED) is 0.171. The molecule has 7 heteroatoms. The normalized spacial score (nSPS) is 12.3. The molecule has 214 valence electrons. The molecule has 0 spiro atoms. The van der Waals surface area contributed by atoms with Gasteiger partial charge in [0.2, 0.25) is 5.75 Å². The first-order valence-electron chi connectivity index (χ1n) is 13.5. The van der Waals surface area contributed by atoms with Crippen molar-refractivity contribution in [1.82, 2.24) is 0 Å². The van der Waals surface area contributed by atoms with E-state index in [9.17, 15) is 15.0 Å². The van der Waals surface area contributed by atoms with Crippen molar-refractivity contribution in [2.75, 3.05) is 21.3 Å². The molecule has 4 aromatic carbocycles. The summed E-state index contributed by atoms with van der Waals surface area (Å²) in [7, 11) is 4.67. The number of hydrogen-bond donors (Lipinski definition) is 2. The van der Waals surface area contributed by atoms with Gasteiger partial charge in [-0.1, -0.05) is 54.6 Å². The molecule has 0 aliphatic carbocycles. The molecule has 2 unspecified atom stereocenters. The number of aliphatic hydroxyl groups excluding tert-OH is 1. The predicted molar refractivity (Wildman–Crippen MR) is 158 cm³/mol. The molecule has 0 aromatic heterocycles. The van der Waals surface area contributed by atoms with E-state index < -0.39 is 12.1 Å². The summed E-state index contributed by atoms with van der Waals surface area (Å²) in [4.78, 5) is 11.5. The van der Waals surface area contributed by atoms with Crippen molar-refractivity contribution >= 4 is 5.97 Å². The Morgan fingerprint density at radius 1 is 0.756 bits per heavy atom. The summed E-state index contributed by atoms with van der Waals surface area (Å²) in [5.41, 5.74) is 3.08. The van der Waals surface area contributed by atoms with E-state index in [2.05, 4.69) is 12.1 Å². The third-order valence-electron chi connectivity index (χ3n) is 7.12. The van der Waals surface area contributed by atoms with E-state index in [1.165, 1.54) is 11.6 Å². The zero-order valence-corrected chi connectivity index (χ0v) is 23.6. The van der Waals surface area contributed by atoms with Crippen molar-refractivity contribution in [1.29, 1.82) is 0 Å². The van der Waals surface area contributed by atoms with E-state index in [0.29, 0.717) is 35.0 Å². The molecule has 0 saturated carbocycles. The highest BCUT2D eigenvalue weighted by atomic mass is 16.5. The number of methoxy groups -OCH3 is 3. The van der Waals surface area contributed by atoms with Gasteiger partial charge in [-0.15, -0.1) is 0 Å². The summed E-state index contributed by atoms with van der Waals surface area (Å²) in [6.45, 7) is 0. The van der Waals surface area contributed by atoms with Crippen LogP contribution < -0.4 is 18.9 Å². The highest BCUT2D eigenvalue weighted by Gasteiger charge is 2.25. The highest BCUT2D eigenvalue weighted by molar-refractivity contribution is 5.90. The number of carboxylic acids is 1. The second-order valence-corrected chi connectivity index (χ2v) is 9.79. The van der Waals surface area contributed by atoms with Crippen molar-refractivity contribution < 1.29 is 34.0 Å². The first-order chi connectivity index (χ1) is 19.9. The standard InChI is InChI=1S/C34H36O7/c1-38-30-21-26(22-31(39-2)33(30)40-3)32(35)25(13-9-12-23-10-5-4-6-11-23)20-24-16-18-27(19-17-24)41-29-15-8-7-14-28(29)34(36)37/h4-8,10-11,14-19,21-22,25,32,35H,9,12-13,20H2,1-3H3,(H,36,37). The Balaban J connectivity index is 1.55. The summed E-state index contributed by atoms with van der Waals surface area (Å²) in [6.07, 6.45) is 2.45. The van der Waals surface area contributed by atoms with Crippen molar-refractivity contribution in [3.8, 4) is 28.7 Å². The number of aryl methyl sites for hydroxylation is 1. The predicted octanol–water partition coefficient (Wildman–Crippen LogP) is 7.12. The van der Waals surface area contributed by atoms with Crippen LogP contribution in [0.2, 0.25) is 0 Å². The van der Waals surface area contributed by atoms with Crippen LogP contribution in [-0.2, 0) is 12.8 Å². The Bertz CT molecular complexity index is 1390. The Morgan fingerprint density at radius 3 is 2.00 bits per heavy atom. The molecule has 2 N–H and O–H groups in total. The third kappa shape index (κ3) is 7.58. The van der Waals surface area contributed by atoms with Crippen LogP contribution in [0.3, 0.4) is 0 Å². The first kappa shape index (κ1) is 29.5. The van der Waals surface area contributed by atoms with Crippen molar-refractivity contribution in [3.05, 3.63) is 113 Å². The molecule has 0 bridgehead atoms. The van der Waals surface area contributed by atoms with Crippen LogP contribution >= 0.6 is 0 Å². The van der Waals surface area contributed by atoms with Crippen LogP contribution in [0.25, 0.3) is 0 Å². The number of carboxylic acid groups (broad SMARTS) is 1. The smallest absolute Gasteiger partial charge is 0.339 e. The number of ether oxygens (including phenoxy) is 4. The number of aliphatic hydroxyl groups is 1. The fourth-order valence-corrected chi connectivity index (χ4v) is 4.98. The summed E-state index contributed by atoms with van der Waals surface area (Å²) >= 11 is 0. The van der Waals surface area contributed by atoms with Gasteiger partial charge in [-0.3, -0.25) is 0 Å². The molecule has 0 aliphatic heterocycles. The molecule has 41 heavy (non-hydrogen) atoms. The van der Waals surface area contributed by atoms with Crippen LogP contribution in [0.5, 0.6) is 28.7 Å². The van der Waals surface area contributed by atoms with Gasteiger partial charge in [0.05, 0.1) is 27.4 Å². The summed E-state index contributed by atoms with van der Waals surface area (Å²) in [6, 6.07) is 28.0. The summed E-state index contributed by atoms with van der Waals surface area (Å²) in [5, 5.41) is 21.1. The first-order valence-corrected chi connectivity index (χ1v) is 13.5. The Morgan fingerprint density at radius 2 is 1.39 bits per heavy atom. The molecule has 7 nitrogen and oxygen atoms in total. The van der Waals surface area contributed by atoms with E-state index in [-0.39, 0.29) is 17.2 Å². The molecule has 0 aliphatic rings. The monoisotopic (exact) mass is 556 g/mol. The van der Waals surface area contributed by atoms with Gasteiger partial charge in [0.15, 0.2) is 11.5 Å². The number of para-hydroxylation sites is 1. The van der Waals surface area contributed by atoms with Crippen LogP contribution in [0.15, 0.2) is 91.0 Å². The maximum absolute atomic E-state index is 11.6. The molecule has 0 saturated heterocycles. The maximum Gasteiger partial charge on any atom is 0.339 e. The number of hydrogen-bond acceptors (Lipinski definition) is 6. The highest BCUT2D eigenvalue weighted by Crippen LogP contribution is 2.42. The van der Waals surface area contributed by atoms with E-state index in [0.717, 1.165) is 24.8 Å². The second kappa shape index (κ2) is 14.2. The topological polar surface area (TPSA) is 94.5 Å². The number of benzene rings is 4.